The Balaban J connectivity index is 2.07. The largest absolute Gasteiger partial charge is 0.339 e. The molecule has 0 atom stereocenters. The van der Waals surface area contributed by atoms with Crippen LogP contribution in [-0.2, 0) is 6.54 Å². The lowest BCUT2D eigenvalue weighted by Gasteiger charge is -2.12. The molecule has 0 aliphatic carbocycles. The highest BCUT2D eigenvalue weighted by Gasteiger charge is 2.17. The molecule has 7 heteroatoms. The first-order valence-corrected chi connectivity index (χ1v) is 8.32. The molecular weight excluding hydrogens is 324 g/mol. The molecule has 0 saturated carbocycles. The predicted octanol–water partition coefficient (Wildman–Crippen LogP) is 2.29. The van der Waals surface area contributed by atoms with E-state index in [0.717, 1.165) is 16.1 Å². The third-order valence-corrected chi connectivity index (χ3v) is 4.82. The summed E-state index contributed by atoms with van der Waals surface area (Å²) in [6.07, 6.45) is 1.44. The number of aromatic amines is 1. The number of aromatic nitrogens is 4. The molecule has 24 heavy (non-hydrogen) atoms. The zero-order valence-electron chi connectivity index (χ0n) is 12.9. The minimum Gasteiger partial charge on any atom is -0.339 e. The number of hydrogen-bond acceptors (Lipinski definition) is 4. The van der Waals surface area contributed by atoms with E-state index >= 15 is 0 Å². The standard InChI is InChI=1S/C17H14N4O2S/c1-11-5-2-3-7-13(11)21-15-14(18-10-19-15)16(22)20(17(21)23)9-12-6-4-8-24-12/h2-8,10H,9H2,1H3,(H,18,19). The number of fused-ring (bicyclic) bond motifs is 1. The van der Waals surface area contributed by atoms with E-state index in [1.165, 1.54) is 26.8 Å². The number of aryl methyl sites for hydroxylation is 1. The molecule has 0 aliphatic heterocycles. The summed E-state index contributed by atoms with van der Waals surface area (Å²) in [5.41, 5.74) is 1.59. The van der Waals surface area contributed by atoms with Crippen molar-refractivity contribution in [3.8, 4) is 5.69 Å². The molecule has 0 saturated heterocycles. The van der Waals surface area contributed by atoms with Gasteiger partial charge in [0.05, 0.1) is 18.6 Å². The average molecular weight is 338 g/mol. The van der Waals surface area contributed by atoms with E-state index in [1.807, 2.05) is 48.7 Å². The molecule has 0 bridgehead atoms. The van der Waals surface area contributed by atoms with Crippen molar-refractivity contribution in [1.82, 2.24) is 19.1 Å². The van der Waals surface area contributed by atoms with E-state index in [4.69, 9.17) is 0 Å². The van der Waals surface area contributed by atoms with Crippen molar-refractivity contribution in [2.45, 2.75) is 13.5 Å². The molecule has 1 aromatic carbocycles. The minimum atomic E-state index is -0.387. The zero-order chi connectivity index (χ0) is 16.7. The molecule has 6 nitrogen and oxygen atoms in total. The van der Waals surface area contributed by atoms with Crippen LogP contribution in [0.5, 0.6) is 0 Å². The molecule has 0 aliphatic rings. The topological polar surface area (TPSA) is 72.7 Å². The summed E-state index contributed by atoms with van der Waals surface area (Å²) in [5, 5.41) is 1.93. The Morgan fingerprint density at radius 2 is 2.00 bits per heavy atom. The fourth-order valence-corrected chi connectivity index (χ4v) is 3.47. The average Bonchev–Trinajstić information content (AvgIpc) is 3.25. The maximum absolute atomic E-state index is 13.1. The Bertz CT molecular complexity index is 1140. The van der Waals surface area contributed by atoms with Crippen LogP contribution in [0.2, 0.25) is 0 Å². The number of rotatable bonds is 3. The Morgan fingerprint density at radius 1 is 1.17 bits per heavy atom. The second-order valence-corrected chi connectivity index (χ2v) is 6.51. The first-order chi connectivity index (χ1) is 11.7. The number of imidazole rings is 1. The van der Waals surface area contributed by atoms with Crippen LogP contribution in [-0.4, -0.2) is 19.1 Å². The molecule has 4 rings (SSSR count). The summed E-state index contributed by atoms with van der Waals surface area (Å²) in [6.45, 7) is 2.17. The monoisotopic (exact) mass is 338 g/mol. The third-order valence-electron chi connectivity index (χ3n) is 3.96. The van der Waals surface area contributed by atoms with Crippen LogP contribution >= 0.6 is 11.3 Å². The lowest BCUT2D eigenvalue weighted by molar-refractivity contribution is 0.689. The van der Waals surface area contributed by atoms with Crippen LogP contribution in [0.1, 0.15) is 10.4 Å². The number of para-hydroxylation sites is 1. The lowest BCUT2D eigenvalue weighted by Crippen LogP contribution is -2.39. The van der Waals surface area contributed by atoms with Gasteiger partial charge in [-0.05, 0) is 30.0 Å². The SMILES string of the molecule is Cc1ccccc1-n1c(=O)n(Cc2cccs2)c(=O)c2[nH]cnc21. The van der Waals surface area contributed by atoms with Gasteiger partial charge in [0.2, 0.25) is 0 Å². The smallest absolute Gasteiger partial charge is 0.337 e. The van der Waals surface area contributed by atoms with Crippen molar-refractivity contribution in [2.24, 2.45) is 0 Å². The molecule has 3 heterocycles. The van der Waals surface area contributed by atoms with Gasteiger partial charge >= 0.3 is 5.69 Å². The fourth-order valence-electron chi connectivity index (χ4n) is 2.78. The highest BCUT2D eigenvalue weighted by molar-refractivity contribution is 7.09. The first-order valence-electron chi connectivity index (χ1n) is 7.44. The highest BCUT2D eigenvalue weighted by Crippen LogP contribution is 2.15. The van der Waals surface area contributed by atoms with Gasteiger partial charge < -0.3 is 4.98 Å². The van der Waals surface area contributed by atoms with Gasteiger partial charge in [0.25, 0.3) is 5.56 Å². The van der Waals surface area contributed by atoms with Crippen molar-refractivity contribution >= 4 is 22.5 Å². The van der Waals surface area contributed by atoms with E-state index in [-0.39, 0.29) is 17.8 Å². The van der Waals surface area contributed by atoms with Crippen LogP contribution in [0.15, 0.2) is 57.7 Å². The number of thiophene rings is 1. The summed E-state index contributed by atoms with van der Waals surface area (Å²) in [6, 6.07) is 11.4. The van der Waals surface area contributed by atoms with Crippen molar-refractivity contribution < 1.29 is 0 Å². The molecule has 4 aromatic rings. The van der Waals surface area contributed by atoms with Gasteiger partial charge in [-0.3, -0.25) is 9.36 Å². The van der Waals surface area contributed by atoms with Crippen LogP contribution in [0, 0.1) is 6.92 Å². The first kappa shape index (κ1) is 14.6. The summed E-state index contributed by atoms with van der Waals surface area (Å²) in [4.78, 5) is 33.8. The highest BCUT2D eigenvalue weighted by atomic mass is 32.1. The van der Waals surface area contributed by atoms with E-state index < -0.39 is 0 Å². The summed E-state index contributed by atoms with van der Waals surface area (Å²) >= 11 is 1.51. The number of hydrogen-bond donors (Lipinski definition) is 1. The molecule has 0 amide bonds. The maximum atomic E-state index is 13.1. The van der Waals surface area contributed by atoms with Crippen LogP contribution in [0.25, 0.3) is 16.9 Å². The van der Waals surface area contributed by atoms with E-state index in [1.54, 1.807) is 0 Å². The maximum Gasteiger partial charge on any atom is 0.337 e. The zero-order valence-corrected chi connectivity index (χ0v) is 13.7. The molecule has 120 valence electrons. The van der Waals surface area contributed by atoms with Crippen LogP contribution < -0.4 is 11.2 Å². The van der Waals surface area contributed by atoms with Crippen molar-refractivity contribution in [3.63, 3.8) is 0 Å². The Labute approximate surface area is 140 Å². The Kier molecular flexibility index (Phi) is 3.42. The molecule has 1 N–H and O–H groups in total. The minimum absolute atomic E-state index is 0.246. The van der Waals surface area contributed by atoms with Gasteiger partial charge in [-0.25, -0.2) is 14.3 Å². The van der Waals surface area contributed by atoms with E-state index in [9.17, 15) is 9.59 Å². The number of nitrogens with one attached hydrogen (secondary N) is 1. The second-order valence-electron chi connectivity index (χ2n) is 5.48. The molecule has 0 unspecified atom stereocenters. The quantitative estimate of drug-likeness (QED) is 0.623. The summed E-state index contributed by atoms with van der Waals surface area (Å²) in [5.74, 6) is 0. The molecule has 0 radical (unpaired) electrons. The Hall–Kier alpha value is -2.93. The molecule has 0 spiro atoms. The van der Waals surface area contributed by atoms with E-state index in [0.29, 0.717) is 11.2 Å². The fraction of sp³-hybridized carbons (Fsp3) is 0.118. The summed E-state index contributed by atoms with van der Waals surface area (Å²) < 4.78 is 2.74. The summed E-state index contributed by atoms with van der Waals surface area (Å²) in [7, 11) is 0. The third kappa shape index (κ3) is 2.21. The Morgan fingerprint density at radius 3 is 2.75 bits per heavy atom. The second kappa shape index (κ2) is 5.61. The van der Waals surface area contributed by atoms with Crippen LogP contribution in [0.4, 0.5) is 0 Å². The van der Waals surface area contributed by atoms with E-state index in [2.05, 4.69) is 9.97 Å². The molecular formula is C17H14N4O2S. The van der Waals surface area contributed by atoms with Gasteiger partial charge in [0.1, 0.15) is 5.52 Å². The normalized spacial score (nSPS) is 11.2. The predicted molar refractivity (Wildman–Crippen MR) is 94.1 cm³/mol. The number of nitrogens with zero attached hydrogens (tertiary/aromatic N) is 3. The molecule has 0 fully saturated rings. The van der Waals surface area contributed by atoms with Crippen molar-refractivity contribution in [2.75, 3.05) is 0 Å². The number of benzene rings is 1. The van der Waals surface area contributed by atoms with Gasteiger partial charge in [-0.1, -0.05) is 24.3 Å². The van der Waals surface area contributed by atoms with Gasteiger partial charge in [0.15, 0.2) is 5.65 Å². The van der Waals surface area contributed by atoms with Gasteiger partial charge in [0, 0.05) is 4.88 Å². The lowest BCUT2D eigenvalue weighted by atomic mass is 10.2. The van der Waals surface area contributed by atoms with Crippen LogP contribution in [0.3, 0.4) is 0 Å². The molecule has 3 aromatic heterocycles. The van der Waals surface area contributed by atoms with Gasteiger partial charge in [-0.2, -0.15) is 0 Å². The van der Waals surface area contributed by atoms with Gasteiger partial charge in [-0.15, -0.1) is 11.3 Å². The van der Waals surface area contributed by atoms with Crippen molar-refractivity contribution in [3.05, 3.63) is 79.4 Å². The van der Waals surface area contributed by atoms with Crippen molar-refractivity contribution in [1.29, 1.82) is 0 Å². The number of H-pyrrole nitrogens is 1.